The zero-order valence-corrected chi connectivity index (χ0v) is 15.6. The number of allylic oxidation sites excluding steroid dienone is 3. The first kappa shape index (κ1) is 15.9. The zero-order valence-electron chi connectivity index (χ0n) is 15.6. The van der Waals surface area contributed by atoms with Crippen LogP contribution in [0.25, 0.3) is 0 Å². The zero-order chi connectivity index (χ0) is 18.4. The summed E-state index contributed by atoms with van der Waals surface area (Å²) in [5, 5.41) is 3.66. The van der Waals surface area contributed by atoms with Crippen LogP contribution in [0.1, 0.15) is 29.2 Å². The number of benzene rings is 3. The highest BCUT2D eigenvalue weighted by atomic mass is 14.9. The smallest absolute Gasteiger partial charge is 0.0753 e. The van der Waals surface area contributed by atoms with E-state index in [4.69, 9.17) is 0 Å². The van der Waals surface area contributed by atoms with E-state index >= 15 is 0 Å². The van der Waals surface area contributed by atoms with E-state index in [9.17, 15) is 0 Å². The monoisotopic (exact) mass is 347 g/mol. The molecule has 0 saturated heterocycles. The maximum Gasteiger partial charge on any atom is 0.0753 e. The molecule has 0 bridgehead atoms. The first-order valence-electron chi connectivity index (χ1n) is 9.39. The number of para-hydroxylation sites is 2. The largest absolute Gasteiger partial charge is 0.355 e. The van der Waals surface area contributed by atoms with Crippen LogP contribution in [-0.2, 0) is 5.41 Å². The standard InChI is InChI=1S/C26H21N/c1-18-10-3-4-12-20(18)26(21-15-9-11-19(21)2)22-13-5-7-16-24(22)27-25-17-8-6-14-23(25)26/h3-10,12-17,27H,1-2H3. The van der Waals surface area contributed by atoms with Crippen LogP contribution >= 0.6 is 0 Å². The number of aryl methyl sites for hydroxylation is 1. The molecule has 1 aliphatic heterocycles. The fourth-order valence-electron chi connectivity index (χ4n) is 4.71. The average molecular weight is 347 g/mol. The van der Waals surface area contributed by atoms with Crippen LogP contribution in [0.3, 0.4) is 0 Å². The summed E-state index contributed by atoms with van der Waals surface area (Å²) in [4.78, 5) is 0. The van der Waals surface area contributed by atoms with Crippen molar-refractivity contribution < 1.29 is 0 Å². The lowest BCUT2D eigenvalue weighted by Crippen LogP contribution is -2.36. The maximum atomic E-state index is 3.66. The molecule has 0 fully saturated rings. The molecule has 1 N–H and O–H groups in total. The minimum atomic E-state index is -0.353. The van der Waals surface area contributed by atoms with Crippen LogP contribution in [0.15, 0.2) is 102 Å². The first-order valence-corrected chi connectivity index (χ1v) is 9.39. The van der Waals surface area contributed by atoms with E-state index < -0.39 is 0 Å². The molecule has 1 aliphatic carbocycles. The fraction of sp³-hybridized carbons (Fsp3) is 0.115. The Kier molecular flexibility index (Phi) is 3.47. The Morgan fingerprint density at radius 3 is 1.81 bits per heavy atom. The van der Waals surface area contributed by atoms with Crippen molar-refractivity contribution >= 4 is 11.4 Å². The second-order valence-electron chi connectivity index (χ2n) is 7.30. The third kappa shape index (κ3) is 2.13. The maximum absolute atomic E-state index is 3.66. The second-order valence-corrected chi connectivity index (χ2v) is 7.30. The molecule has 0 aromatic heterocycles. The van der Waals surface area contributed by atoms with Crippen molar-refractivity contribution in [3.8, 4) is 0 Å². The van der Waals surface area contributed by atoms with E-state index in [1.165, 1.54) is 44.8 Å². The predicted octanol–water partition coefficient (Wildman–Crippen LogP) is 6.43. The highest BCUT2D eigenvalue weighted by Gasteiger charge is 2.46. The Morgan fingerprint density at radius 2 is 1.26 bits per heavy atom. The van der Waals surface area contributed by atoms with Gasteiger partial charge in [-0.25, -0.2) is 0 Å². The Bertz CT molecular complexity index is 1090. The highest BCUT2D eigenvalue weighted by molar-refractivity contribution is 5.83. The predicted molar refractivity (Wildman–Crippen MR) is 113 cm³/mol. The third-order valence-corrected chi connectivity index (χ3v) is 5.84. The number of hydrogen-bond donors (Lipinski definition) is 1. The molecule has 0 amide bonds. The van der Waals surface area contributed by atoms with Crippen molar-refractivity contribution in [3.63, 3.8) is 0 Å². The lowest BCUT2D eigenvalue weighted by Gasteiger charge is -2.44. The van der Waals surface area contributed by atoms with Crippen LogP contribution < -0.4 is 5.32 Å². The summed E-state index contributed by atoms with van der Waals surface area (Å²) in [5.74, 6) is 0. The molecule has 130 valence electrons. The second kappa shape index (κ2) is 5.87. The molecule has 1 heterocycles. The molecule has 3 aromatic carbocycles. The SMILES string of the molecule is CC1=C=CC=C1C1(c2ccccc2C)c2ccccc2Nc2ccccc21. The van der Waals surface area contributed by atoms with Gasteiger partial charge in [0, 0.05) is 11.4 Å². The van der Waals surface area contributed by atoms with E-state index in [0.717, 1.165) is 0 Å². The highest BCUT2D eigenvalue weighted by Crippen LogP contribution is 2.56. The van der Waals surface area contributed by atoms with Gasteiger partial charge in [-0.15, -0.1) is 5.73 Å². The summed E-state index contributed by atoms with van der Waals surface area (Å²) in [6.45, 7) is 4.38. The van der Waals surface area contributed by atoms with E-state index in [1.807, 2.05) is 0 Å². The van der Waals surface area contributed by atoms with Gasteiger partial charge < -0.3 is 5.32 Å². The van der Waals surface area contributed by atoms with Crippen LogP contribution in [-0.4, -0.2) is 0 Å². The molecule has 0 unspecified atom stereocenters. The summed E-state index contributed by atoms with van der Waals surface area (Å²) >= 11 is 0. The number of hydrogen-bond acceptors (Lipinski definition) is 1. The minimum absolute atomic E-state index is 0.353. The Morgan fingerprint density at radius 1 is 0.704 bits per heavy atom. The first-order chi connectivity index (χ1) is 13.2. The molecular weight excluding hydrogens is 326 g/mol. The molecule has 27 heavy (non-hydrogen) atoms. The number of anilines is 2. The molecule has 0 radical (unpaired) electrons. The van der Waals surface area contributed by atoms with Gasteiger partial charge in [0.05, 0.1) is 5.41 Å². The van der Waals surface area contributed by atoms with Gasteiger partial charge in [0.15, 0.2) is 0 Å². The van der Waals surface area contributed by atoms with Gasteiger partial charge in [0.25, 0.3) is 0 Å². The van der Waals surface area contributed by atoms with Crippen molar-refractivity contribution in [1.29, 1.82) is 0 Å². The van der Waals surface area contributed by atoms with Gasteiger partial charge >= 0.3 is 0 Å². The number of rotatable bonds is 2. The van der Waals surface area contributed by atoms with Crippen molar-refractivity contribution in [3.05, 3.63) is 124 Å². The van der Waals surface area contributed by atoms with Gasteiger partial charge in [-0.05, 0) is 71.5 Å². The topological polar surface area (TPSA) is 12.0 Å². The van der Waals surface area contributed by atoms with Gasteiger partial charge in [0.2, 0.25) is 0 Å². The lowest BCUT2D eigenvalue weighted by atomic mass is 9.60. The summed E-state index contributed by atoms with van der Waals surface area (Å²) in [7, 11) is 0. The lowest BCUT2D eigenvalue weighted by molar-refractivity contribution is 0.724. The van der Waals surface area contributed by atoms with E-state index in [2.05, 4.69) is 110 Å². The normalized spacial score (nSPS) is 16.1. The van der Waals surface area contributed by atoms with Crippen molar-refractivity contribution in [1.82, 2.24) is 0 Å². The Labute approximate surface area is 160 Å². The van der Waals surface area contributed by atoms with E-state index in [-0.39, 0.29) is 5.41 Å². The summed E-state index contributed by atoms with van der Waals surface area (Å²) in [6, 6.07) is 26.1. The van der Waals surface area contributed by atoms with Crippen molar-refractivity contribution in [2.24, 2.45) is 0 Å². The van der Waals surface area contributed by atoms with Crippen molar-refractivity contribution in [2.75, 3.05) is 5.32 Å². The molecule has 0 saturated carbocycles. The molecule has 1 nitrogen and oxygen atoms in total. The van der Waals surface area contributed by atoms with Crippen LogP contribution in [0.5, 0.6) is 0 Å². The van der Waals surface area contributed by atoms with Crippen LogP contribution in [0, 0.1) is 6.92 Å². The number of nitrogens with one attached hydrogen (secondary N) is 1. The molecule has 5 rings (SSSR count). The summed E-state index contributed by atoms with van der Waals surface area (Å²) in [5.41, 5.74) is 13.1. The Hall–Kier alpha value is -3.28. The van der Waals surface area contributed by atoms with Gasteiger partial charge in [-0.2, -0.15) is 0 Å². The summed E-state index contributed by atoms with van der Waals surface area (Å²) < 4.78 is 0. The molecular formula is C26H21N. The van der Waals surface area contributed by atoms with Gasteiger partial charge in [-0.1, -0.05) is 60.7 Å². The average Bonchev–Trinajstić information content (AvgIpc) is 3.13. The number of fused-ring (bicyclic) bond motifs is 2. The Balaban J connectivity index is 1.98. The van der Waals surface area contributed by atoms with E-state index in [1.54, 1.807) is 0 Å². The van der Waals surface area contributed by atoms with Crippen molar-refractivity contribution in [2.45, 2.75) is 19.3 Å². The molecule has 1 heteroatoms. The molecule has 3 aromatic rings. The van der Waals surface area contributed by atoms with Gasteiger partial charge in [-0.3, -0.25) is 0 Å². The van der Waals surface area contributed by atoms with Crippen LogP contribution in [0.4, 0.5) is 11.4 Å². The van der Waals surface area contributed by atoms with Crippen LogP contribution in [0.2, 0.25) is 0 Å². The summed E-state index contributed by atoms with van der Waals surface area (Å²) in [6.07, 6.45) is 4.29. The van der Waals surface area contributed by atoms with Gasteiger partial charge in [0.1, 0.15) is 0 Å². The third-order valence-electron chi connectivity index (χ3n) is 5.84. The minimum Gasteiger partial charge on any atom is -0.355 e. The molecule has 0 atom stereocenters. The van der Waals surface area contributed by atoms with E-state index in [0.29, 0.717) is 0 Å². The molecule has 2 aliphatic rings. The quantitative estimate of drug-likeness (QED) is 0.527. The molecule has 0 spiro atoms. The fourth-order valence-corrected chi connectivity index (χ4v) is 4.71.